The number of piperazine rings is 1. The van der Waals surface area contributed by atoms with Crippen molar-refractivity contribution in [3.8, 4) is 5.75 Å². The molecule has 3 fully saturated rings. The highest BCUT2D eigenvalue weighted by Crippen LogP contribution is 2.39. The molecule has 3 heterocycles. The summed E-state index contributed by atoms with van der Waals surface area (Å²) >= 11 is 0. The lowest BCUT2D eigenvalue weighted by atomic mass is 9.83. The van der Waals surface area contributed by atoms with Gasteiger partial charge in [-0.1, -0.05) is 42.5 Å². The SMILES string of the molecule is COc1ccc(CN2CC3(CN(CCc4ccccc4)CC4CC(O)CN43)C2)cc1. The Hall–Kier alpha value is -1.92. The number of aliphatic hydroxyl groups excluding tert-OH is 1. The summed E-state index contributed by atoms with van der Waals surface area (Å²) in [6.45, 7) is 7.30. The van der Waals surface area contributed by atoms with E-state index in [1.165, 1.54) is 11.1 Å². The van der Waals surface area contributed by atoms with E-state index >= 15 is 0 Å². The summed E-state index contributed by atoms with van der Waals surface area (Å²) in [4.78, 5) is 7.84. The first-order chi connectivity index (χ1) is 14.6. The molecule has 1 spiro atoms. The van der Waals surface area contributed by atoms with Gasteiger partial charge < -0.3 is 9.84 Å². The van der Waals surface area contributed by atoms with Crippen molar-refractivity contribution in [3.05, 3.63) is 65.7 Å². The summed E-state index contributed by atoms with van der Waals surface area (Å²) in [7, 11) is 1.71. The normalized spacial score (nSPS) is 26.5. The Labute approximate surface area is 179 Å². The minimum atomic E-state index is -0.170. The van der Waals surface area contributed by atoms with Crippen molar-refractivity contribution in [2.75, 3.05) is 46.4 Å². The fourth-order valence-electron chi connectivity index (χ4n) is 5.79. The van der Waals surface area contributed by atoms with Crippen LogP contribution in [0.2, 0.25) is 0 Å². The second-order valence-electron chi connectivity index (χ2n) is 9.38. The fourth-order valence-corrected chi connectivity index (χ4v) is 5.79. The molecule has 0 bridgehead atoms. The second kappa shape index (κ2) is 8.31. The Morgan fingerprint density at radius 2 is 1.67 bits per heavy atom. The largest absolute Gasteiger partial charge is 0.497 e. The van der Waals surface area contributed by atoms with Crippen LogP contribution in [0.4, 0.5) is 0 Å². The number of hydrogen-bond acceptors (Lipinski definition) is 5. The number of aliphatic hydroxyl groups is 1. The molecule has 3 aliphatic rings. The smallest absolute Gasteiger partial charge is 0.118 e. The van der Waals surface area contributed by atoms with Crippen molar-refractivity contribution in [1.29, 1.82) is 0 Å². The number of nitrogens with zero attached hydrogens (tertiary/aromatic N) is 3. The number of likely N-dealkylation sites (tertiary alicyclic amines) is 1. The molecule has 0 saturated carbocycles. The lowest BCUT2D eigenvalue weighted by Gasteiger charge is -2.61. The van der Waals surface area contributed by atoms with Gasteiger partial charge in [0.25, 0.3) is 0 Å². The quantitative estimate of drug-likeness (QED) is 0.795. The van der Waals surface area contributed by atoms with E-state index in [-0.39, 0.29) is 11.6 Å². The van der Waals surface area contributed by atoms with Gasteiger partial charge in [-0.05, 0) is 36.1 Å². The van der Waals surface area contributed by atoms with E-state index in [2.05, 4.69) is 57.2 Å². The average molecular weight is 408 g/mol. The summed E-state index contributed by atoms with van der Waals surface area (Å²) in [6, 6.07) is 19.7. The Kier molecular flexibility index (Phi) is 5.54. The molecule has 2 aromatic carbocycles. The minimum absolute atomic E-state index is 0.170. The molecule has 0 radical (unpaired) electrons. The van der Waals surface area contributed by atoms with Gasteiger partial charge in [0.1, 0.15) is 5.75 Å². The molecule has 2 atom stereocenters. The highest BCUT2D eigenvalue weighted by Gasteiger charge is 2.55. The van der Waals surface area contributed by atoms with Gasteiger partial charge in [-0.25, -0.2) is 0 Å². The molecule has 2 unspecified atom stereocenters. The van der Waals surface area contributed by atoms with Gasteiger partial charge in [-0.2, -0.15) is 0 Å². The number of benzene rings is 2. The van der Waals surface area contributed by atoms with Gasteiger partial charge in [0.05, 0.1) is 18.8 Å². The Morgan fingerprint density at radius 1 is 0.933 bits per heavy atom. The maximum absolute atomic E-state index is 10.4. The molecule has 5 heteroatoms. The third-order valence-electron chi connectivity index (χ3n) is 7.15. The van der Waals surface area contributed by atoms with Crippen LogP contribution in [0.25, 0.3) is 0 Å². The van der Waals surface area contributed by atoms with E-state index in [0.717, 1.165) is 64.4 Å². The maximum Gasteiger partial charge on any atom is 0.118 e. The zero-order valence-electron chi connectivity index (χ0n) is 17.9. The Morgan fingerprint density at radius 3 is 2.40 bits per heavy atom. The lowest BCUT2D eigenvalue weighted by molar-refractivity contribution is -0.116. The van der Waals surface area contributed by atoms with Crippen LogP contribution in [0.5, 0.6) is 5.75 Å². The van der Waals surface area contributed by atoms with Crippen molar-refractivity contribution < 1.29 is 9.84 Å². The predicted molar refractivity (Wildman–Crippen MR) is 119 cm³/mol. The van der Waals surface area contributed by atoms with E-state index < -0.39 is 0 Å². The predicted octanol–water partition coefficient (Wildman–Crippen LogP) is 2.24. The third kappa shape index (κ3) is 4.00. The third-order valence-corrected chi connectivity index (χ3v) is 7.15. The van der Waals surface area contributed by atoms with Crippen LogP contribution in [0.3, 0.4) is 0 Å². The molecular weight excluding hydrogens is 374 g/mol. The van der Waals surface area contributed by atoms with E-state index in [4.69, 9.17) is 4.74 Å². The van der Waals surface area contributed by atoms with Gasteiger partial charge in [0.2, 0.25) is 0 Å². The molecule has 2 aromatic rings. The van der Waals surface area contributed by atoms with Crippen LogP contribution >= 0.6 is 0 Å². The van der Waals surface area contributed by atoms with Crippen molar-refractivity contribution in [3.63, 3.8) is 0 Å². The van der Waals surface area contributed by atoms with Crippen LogP contribution < -0.4 is 4.74 Å². The average Bonchev–Trinajstić information content (AvgIpc) is 3.13. The van der Waals surface area contributed by atoms with Gasteiger partial charge in [-0.3, -0.25) is 14.7 Å². The molecule has 3 saturated heterocycles. The first kappa shape index (κ1) is 20.0. The van der Waals surface area contributed by atoms with Crippen LogP contribution in [0.15, 0.2) is 54.6 Å². The zero-order chi connectivity index (χ0) is 20.6. The van der Waals surface area contributed by atoms with E-state index in [1.807, 2.05) is 12.1 Å². The summed E-state index contributed by atoms with van der Waals surface area (Å²) in [5.74, 6) is 0.911. The molecular formula is C25H33N3O2. The Bertz CT molecular complexity index is 835. The molecule has 5 rings (SSSR count). The van der Waals surface area contributed by atoms with E-state index in [0.29, 0.717) is 6.04 Å². The fraction of sp³-hybridized carbons (Fsp3) is 0.520. The minimum Gasteiger partial charge on any atom is -0.497 e. The summed E-state index contributed by atoms with van der Waals surface area (Å²) in [5.41, 5.74) is 2.94. The van der Waals surface area contributed by atoms with Crippen LogP contribution in [0, 0.1) is 0 Å². The number of methoxy groups -OCH3 is 1. The first-order valence-electron chi connectivity index (χ1n) is 11.2. The molecule has 160 valence electrons. The molecule has 1 N–H and O–H groups in total. The molecule has 5 nitrogen and oxygen atoms in total. The van der Waals surface area contributed by atoms with Gasteiger partial charge in [0, 0.05) is 51.9 Å². The summed E-state index contributed by atoms with van der Waals surface area (Å²) in [6.07, 6.45) is 1.85. The number of hydrogen-bond donors (Lipinski definition) is 1. The van der Waals surface area contributed by atoms with Crippen LogP contribution in [0.1, 0.15) is 17.5 Å². The van der Waals surface area contributed by atoms with E-state index in [9.17, 15) is 5.11 Å². The van der Waals surface area contributed by atoms with E-state index in [1.54, 1.807) is 7.11 Å². The van der Waals surface area contributed by atoms with Crippen molar-refractivity contribution in [1.82, 2.24) is 14.7 Å². The summed E-state index contributed by atoms with van der Waals surface area (Å²) in [5, 5.41) is 10.4. The topological polar surface area (TPSA) is 39.2 Å². The molecule has 0 aromatic heterocycles. The number of ether oxygens (including phenoxy) is 1. The maximum atomic E-state index is 10.4. The van der Waals surface area contributed by atoms with Gasteiger partial charge >= 0.3 is 0 Å². The lowest BCUT2D eigenvalue weighted by Crippen LogP contribution is -2.77. The molecule has 0 amide bonds. The van der Waals surface area contributed by atoms with Crippen molar-refractivity contribution in [2.45, 2.75) is 37.1 Å². The number of rotatable bonds is 6. The van der Waals surface area contributed by atoms with Gasteiger partial charge in [0.15, 0.2) is 0 Å². The van der Waals surface area contributed by atoms with Crippen LogP contribution in [-0.2, 0) is 13.0 Å². The molecule has 0 aliphatic carbocycles. The van der Waals surface area contributed by atoms with Crippen molar-refractivity contribution in [2.24, 2.45) is 0 Å². The molecule has 3 aliphatic heterocycles. The number of β-amino-alcohol motifs (C(OH)–C–C–N with tert-alkyl or cyclic N) is 1. The van der Waals surface area contributed by atoms with Gasteiger partial charge in [-0.15, -0.1) is 0 Å². The standard InChI is InChI=1S/C25H33N3O2/c1-30-24-9-7-21(8-10-24)14-27-18-25(19-27)17-26(12-11-20-5-3-2-4-6-20)15-22-13-23(29)16-28(22)25/h2-10,22-23,29H,11-19H2,1H3. The summed E-state index contributed by atoms with van der Waals surface area (Å²) < 4.78 is 5.28. The monoisotopic (exact) mass is 407 g/mol. The highest BCUT2D eigenvalue weighted by atomic mass is 16.5. The van der Waals surface area contributed by atoms with Crippen LogP contribution in [-0.4, -0.2) is 83.9 Å². The Balaban J connectivity index is 1.23. The van der Waals surface area contributed by atoms with Crippen molar-refractivity contribution >= 4 is 0 Å². The second-order valence-corrected chi connectivity index (χ2v) is 9.38. The first-order valence-corrected chi connectivity index (χ1v) is 11.2. The number of fused-ring (bicyclic) bond motifs is 2. The zero-order valence-corrected chi connectivity index (χ0v) is 17.9. The highest BCUT2D eigenvalue weighted by molar-refractivity contribution is 5.27. The molecule has 30 heavy (non-hydrogen) atoms.